The van der Waals surface area contributed by atoms with Gasteiger partial charge in [-0.25, -0.2) is 8.78 Å². The van der Waals surface area contributed by atoms with Crippen molar-refractivity contribution >= 4 is 5.91 Å². The fourth-order valence-corrected chi connectivity index (χ4v) is 1.84. The fourth-order valence-electron chi connectivity index (χ4n) is 1.84. The molecule has 98 valence electrons. The molecule has 1 aromatic rings. The van der Waals surface area contributed by atoms with Gasteiger partial charge < -0.3 is 11.1 Å². The van der Waals surface area contributed by atoms with Crippen LogP contribution in [0.1, 0.15) is 18.4 Å². The van der Waals surface area contributed by atoms with E-state index in [0.717, 1.165) is 31.0 Å². The molecule has 18 heavy (non-hydrogen) atoms. The lowest BCUT2D eigenvalue weighted by Crippen LogP contribution is -2.39. The average Bonchev–Trinajstić information content (AvgIpc) is 3.15. The predicted octanol–water partition coefficient (Wildman–Crippen LogP) is 1.36. The zero-order valence-electron chi connectivity index (χ0n) is 9.96. The maximum atomic E-state index is 13.3. The summed E-state index contributed by atoms with van der Waals surface area (Å²) in [7, 11) is 0. The van der Waals surface area contributed by atoms with Crippen molar-refractivity contribution in [3.63, 3.8) is 0 Å². The molecule has 2 rings (SSSR count). The second-order valence-electron chi connectivity index (χ2n) is 4.72. The highest BCUT2D eigenvalue weighted by Crippen LogP contribution is 2.31. The Labute approximate surface area is 104 Å². The van der Waals surface area contributed by atoms with Gasteiger partial charge in [-0.15, -0.1) is 0 Å². The third-order valence-corrected chi connectivity index (χ3v) is 3.12. The van der Waals surface area contributed by atoms with Crippen molar-refractivity contribution < 1.29 is 13.6 Å². The number of carbonyl (C=O) groups excluding carboxylic acids is 1. The summed E-state index contributed by atoms with van der Waals surface area (Å²) in [5.41, 5.74) is 5.89. The summed E-state index contributed by atoms with van der Waals surface area (Å²) in [6.45, 7) is 0.389. The van der Waals surface area contributed by atoms with Gasteiger partial charge in [-0.05, 0) is 37.0 Å². The zero-order chi connectivity index (χ0) is 13.1. The molecule has 1 aliphatic rings. The van der Waals surface area contributed by atoms with Crippen LogP contribution in [0.2, 0.25) is 0 Å². The summed E-state index contributed by atoms with van der Waals surface area (Å²) in [4.78, 5) is 11.6. The maximum absolute atomic E-state index is 13.3. The lowest BCUT2D eigenvalue weighted by Gasteiger charge is -2.11. The minimum absolute atomic E-state index is 0.0358. The average molecular weight is 254 g/mol. The summed E-state index contributed by atoms with van der Waals surface area (Å²) < 4.78 is 26.2. The second kappa shape index (κ2) is 5.44. The van der Waals surface area contributed by atoms with Gasteiger partial charge in [-0.3, -0.25) is 4.79 Å². The van der Waals surface area contributed by atoms with E-state index < -0.39 is 11.6 Å². The minimum atomic E-state index is -0.571. The second-order valence-corrected chi connectivity index (χ2v) is 4.72. The van der Waals surface area contributed by atoms with Crippen LogP contribution in [0.4, 0.5) is 8.78 Å². The number of rotatable bonds is 5. The summed E-state index contributed by atoms with van der Waals surface area (Å²) in [6.07, 6.45) is 2.05. The number of hydrogen-bond donors (Lipinski definition) is 2. The van der Waals surface area contributed by atoms with E-state index in [1.54, 1.807) is 0 Å². The van der Waals surface area contributed by atoms with Crippen molar-refractivity contribution in [1.29, 1.82) is 0 Å². The Kier molecular flexibility index (Phi) is 3.91. The van der Waals surface area contributed by atoms with Crippen LogP contribution >= 0.6 is 0 Å². The molecular weight excluding hydrogens is 238 g/mol. The molecule has 5 heteroatoms. The van der Waals surface area contributed by atoms with Crippen LogP contribution < -0.4 is 11.1 Å². The number of carbonyl (C=O) groups is 1. The van der Waals surface area contributed by atoms with Gasteiger partial charge in [0.25, 0.3) is 0 Å². The molecule has 1 aliphatic carbocycles. The summed E-state index contributed by atoms with van der Waals surface area (Å²) in [5.74, 6) is -0.960. The number of nitrogens with one attached hydrogen (secondary N) is 1. The Hall–Kier alpha value is -1.49. The molecule has 0 aromatic heterocycles. The van der Waals surface area contributed by atoms with E-state index in [2.05, 4.69) is 5.32 Å². The molecule has 0 radical (unpaired) electrons. The number of nitrogens with two attached hydrogens (primary N) is 1. The van der Waals surface area contributed by atoms with Gasteiger partial charge in [0.15, 0.2) is 0 Å². The summed E-state index contributed by atoms with van der Waals surface area (Å²) in [6, 6.07) is 3.05. The number of halogens is 2. The summed E-state index contributed by atoms with van der Waals surface area (Å²) in [5, 5.41) is 2.65. The van der Waals surface area contributed by atoms with E-state index in [1.807, 2.05) is 0 Å². The highest BCUT2D eigenvalue weighted by molar-refractivity contribution is 5.78. The molecule has 0 bridgehead atoms. The molecule has 1 saturated carbocycles. The summed E-state index contributed by atoms with van der Waals surface area (Å²) >= 11 is 0. The van der Waals surface area contributed by atoms with E-state index >= 15 is 0 Å². The van der Waals surface area contributed by atoms with Gasteiger partial charge in [0.1, 0.15) is 11.6 Å². The number of amides is 1. The van der Waals surface area contributed by atoms with Crippen molar-refractivity contribution in [3.8, 4) is 0 Å². The van der Waals surface area contributed by atoms with Crippen LogP contribution in [0, 0.1) is 17.6 Å². The van der Waals surface area contributed by atoms with Crippen LogP contribution in [-0.2, 0) is 11.2 Å². The van der Waals surface area contributed by atoms with Crippen LogP contribution in [0.5, 0.6) is 0 Å². The van der Waals surface area contributed by atoms with Gasteiger partial charge in [-0.1, -0.05) is 0 Å². The maximum Gasteiger partial charge on any atom is 0.224 e. The molecule has 1 aromatic carbocycles. The van der Waals surface area contributed by atoms with Gasteiger partial charge in [0, 0.05) is 18.2 Å². The SMILES string of the molecule is NC(CNC(=O)Cc1cc(F)ccc1F)C1CC1. The van der Waals surface area contributed by atoms with Gasteiger partial charge >= 0.3 is 0 Å². The van der Waals surface area contributed by atoms with Crippen LogP contribution in [0.15, 0.2) is 18.2 Å². The highest BCUT2D eigenvalue weighted by Gasteiger charge is 2.28. The van der Waals surface area contributed by atoms with Crippen molar-refractivity contribution in [1.82, 2.24) is 5.32 Å². The predicted molar refractivity (Wildman–Crippen MR) is 63.8 cm³/mol. The molecule has 1 unspecified atom stereocenters. The molecular formula is C13H16F2N2O. The Morgan fingerprint density at radius 1 is 1.44 bits per heavy atom. The zero-order valence-corrected chi connectivity index (χ0v) is 9.96. The van der Waals surface area contributed by atoms with Crippen LogP contribution in [-0.4, -0.2) is 18.5 Å². The third kappa shape index (κ3) is 3.50. The molecule has 0 aliphatic heterocycles. The molecule has 0 spiro atoms. The molecule has 3 N–H and O–H groups in total. The Bertz CT molecular complexity index is 447. The minimum Gasteiger partial charge on any atom is -0.354 e. The van der Waals surface area contributed by atoms with E-state index in [0.29, 0.717) is 12.5 Å². The highest BCUT2D eigenvalue weighted by atomic mass is 19.1. The largest absolute Gasteiger partial charge is 0.354 e. The van der Waals surface area contributed by atoms with Gasteiger partial charge in [0.2, 0.25) is 5.91 Å². The van der Waals surface area contributed by atoms with Crippen molar-refractivity contribution in [2.75, 3.05) is 6.54 Å². The number of benzene rings is 1. The standard InChI is InChI=1S/C13H16F2N2O/c14-10-3-4-11(15)9(5-10)6-13(18)17-7-12(16)8-1-2-8/h3-5,8,12H,1-2,6-7,16H2,(H,17,18). The topological polar surface area (TPSA) is 55.1 Å². The first-order valence-corrected chi connectivity index (χ1v) is 6.02. The first-order valence-electron chi connectivity index (χ1n) is 6.02. The fraction of sp³-hybridized carbons (Fsp3) is 0.462. The van der Waals surface area contributed by atoms with Crippen LogP contribution in [0.3, 0.4) is 0 Å². The quantitative estimate of drug-likeness (QED) is 0.833. The van der Waals surface area contributed by atoms with E-state index in [1.165, 1.54) is 0 Å². The van der Waals surface area contributed by atoms with Crippen LogP contribution in [0.25, 0.3) is 0 Å². The molecule has 0 heterocycles. The van der Waals surface area contributed by atoms with Gasteiger partial charge in [-0.2, -0.15) is 0 Å². The van der Waals surface area contributed by atoms with E-state index in [4.69, 9.17) is 5.73 Å². The smallest absolute Gasteiger partial charge is 0.224 e. The molecule has 1 atom stereocenters. The van der Waals surface area contributed by atoms with Crippen molar-refractivity contribution in [2.24, 2.45) is 11.7 Å². The molecule has 3 nitrogen and oxygen atoms in total. The normalized spacial score (nSPS) is 16.4. The Morgan fingerprint density at radius 2 is 2.17 bits per heavy atom. The molecule has 1 fully saturated rings. The Balaban J connectivity index is 1.84. The Morgan fingerprint density at radius 3 is 2.83 bits per heavy atom. The van der Waals surface area contributed by atoms with E-state index in [-0.39, 0.29) is 23.9 Å². The first kappa shape index (κ1) is 13.0. The van der Waals surface area contributed by atoms with Crippen molar-refractivity contribution in [3.05, 3.63) is 35.4 Å². The molecule has 1 amide bonds. The van der Waals surface area contributed by atoms with E-state index in [9.17, 15) is 13.6 Å². The third-order valence-electron chi connectivity index (χ3n) is 3.12. The first-order chi connectivity index (χ1) is 8.56. The monoisotopic (exact) mass is 254 g/mol. The lowest BCUT2D eigenvalue weighted by atomic mass is 10.1. The lowest BCUT2D eigenvalue weighted by molar-refractivity contribution is -0.120. The van der Waals surface area contributed by atoms with Gasteiger partial charge in [0.05, 0.1) is 6.42 Å². The number of hydrogen-bond acceptors (Lipinski definition) is 2. The molecule has 0 saturated heterocycles. The van der Waals surface area contributed by atoms with Crippen molar-refractivity contribution in [2.45, 2.75) is 25.3 Å².